The Hall–Kier alpha value is -1.12. The number of hydrogen-bond donors (Lipinski definition) is 2. The molecule has 1 aromatic rings. The Bertz CT molecular complexity index is 277. The average molecular weight is 177 g/mol. The van der Waals surface area contributed by atoms with E-state index in [1.807, 2.05) is 36.4 Å². The van der Waals surface area contributed by atoms with Gasteiger partial charge in [-0.15, -0.1) is 0 Å². The van der Waals surface area contributed by atoms with Crippen LogP contribution >= 0.6 is 0 Å². The molecule has 1 aromatic carbocycles. The van der Waals surface area contributed by atoms with Crippen LogP contribution in [0.2, 0.25) is 0 Å². The van der Waals surface area contributed by atoms with Crippen LogP contribution in [0.5, 0.6) is 0 Å². The quantitative estimate of drug-likeness (QED) is 0.733. The summed E-state index contributed by atoms with van der Waals surface area (Å²) in [6.07, 6.45) is 1.38. The number of hydrogen-bond acceptors (Lipinski definition) is 2. The van der Waals surface area contributed by atoms with Crippen LogP contribution in [0, 0.1) is 0 Å². The van der Waals surface area contributed by atoms with Gasteiger partial charge in [-0.25, -0.2) is 0 Å². The molecule has 1 unspecified atom stereocenters. The molecule has 0 amide bonds. The Labute approximate surface area is 78.7 Å². The molecule has 1 rings (SSSR count). The van der Waals surface area contributed by atoms with Crippen LogP contribution in [0.3, 0.4) is 0 Å². The first-order valence-corrected chi connectivity index (χ1v) is 4.39. The summed E-state index contributed by atoms with van der Waals surface area (Å²) < 4.78 is 0. The lowest BCUT2D eigenvalue weighted by Crippen LogP contribution is -2.06. The molecule has 0 saturated heterocycles. The van der Waals surface area contributed by atoms with Crippen molar-refractivity contribution in [3.8, 4) is 0 Å². The van der Waals surface area contributed by atoms with Crippen molar-refractivity contribution in [2.45, 2.75) is 13.0 Å². The van der Waals surface area contributed by atoms with E-state index in [-0.39, 0.29) is 0 Å². The Balaban J connectivity index is 2.96. The summed E-state index contributed by atoms with van der Waals surface area (Å²) in [5, 5.41) is 9.47. The van der Waals surface area contributed by atoms with Crippen molar-refractivity contribution in [2.75, 3.05) is 6.54 Å². The second kappa shape index (κ2) is 4.80. The molecule has 2 nitrogen and oxygen atoms in total. The number of rotatable bonds is 3. The monoisotopic (exact) mass is 177 g/mol. The number of aliphatic hydroxyl groups excluding tert-OH is 1. The van der Waals surface area contributed by atoms with Gasteiger partial charge in [-0.05, 0) is 18.1 Å². The molecule has 0 aliphatic heterocycles. The molecule has 70 valence electrons. The molecule has 0 radical (unpaired) electrons. The molecule has 2 heteroatoms. The first-order valence-electron chi connectivity index (χ1n) is 4.39. The highest BCUT2D eigenvalue weighted by atomic mass is 16.3. The minimum absolute atomic E-state index is 0.453. The Morgan fingerprint density at radius 2 is 2.08 bits per heavy atom. The standard InChI is InChI=1S/C11H15NO/c1-9(13)11(7-8-12)10-5-3-2-4-6-10/h2-7,9,13H,8,12H2,1H3/b11-7+. The smallest absolute Gasteiger partial charge is 0.0765 e. The molecular formula is C11H15NO. The van der Waals surface area contributed by atoms with E-state index < -0.39 is 6.10 Å². The Morgan fingerprint density at radius 3 is 2.54 bits per heavy atom. The van der Waals surface area contributed by atoms with E-state index >= 15 is 0 Å². The van der Waals surface area contributed by atoms with Gasteiger partial charge in [-0.2, -0.15) is 0 Å². The van der Waals surface area contributed by atoms with Crippen LogP contribution < -0.4 is 5.73 Å². The number of benzene rings is 1. The van der Waals surface area contributed by atoms with Crippen molar-refractivity contribution in [1.29, 1.82) is 0 Å². The summed E-state index contributed by atoms with van der Waals surface area (Å²) in [5.41, 5.74) is 7.34. The minimum Gasteiger partial charge on any atom is -0.389 e. The molecule has 0 spiro atoms. The molecule has 1 atom stereocenters. The van der Waals surface area contributed by atoms with Gasteiger partial charge in [0.05, 0.1) is 6.10 Å². The van der Waals surface area contributed by atoms with Crippen molar-refractivity contribution in [2.24, 2.45) is 5.73 Å². The van der Waals surface area contributed by atoms with E-state index in [4.69, 9.17) is 5.73 Å². The molecule has 0 heterocycles. The maximum absolute atomic E-state index is 9.47. The molecule has 0 aliphatic rings. The van der Waals surface area contributed by atoms with Crippen molar-refractivity contribution in [3.05, 3.63) is 42.0 Å². The van der Waals surface area contributed by atoms with Gasteiger partial charge in [-0.3, -0.25) is 0 Å². The second-order valence-corrected chi connectivity index (χ2v) is 2.94. The van der Waals surface area contributed by atoms with Gasteiger partial charge in [0.15, 0.2) is 0 Å². The Kier molecular flexibility index (Phi) is 3.68. The maximum Gasteiger partial charge on any atom is 0.0765 e. The van der Waals surface area contributed by atoms with E-state index in [2.05, 4.69) is 0 Å². The zero-order chi connectivity index (χ0) is 9.68. The lowest BCUT2D eigenvalue weighted by atomic mass is 10.0. The van der Waals surface area contributed by atoms with E-state index in [1.165, 1.54) is 0 Å². The summed E-state index contributed by atoms with van der Waals surface area (Å²) in [5.74, 6) is 0. The molecule has 0 aliphatic carbocycles. The first kappa shape index (κ1) is 9.96. The van der Waals surface area contributed by atoms with Gasteiger partial charge < -0.3 is 10.8 Å². The van der Waals surface area contributed by atoms with Crippen LogP contribution in [0.4, 0.5) is 0 Å². The lowest BCUT2D eigenvalue weighted by molar-refractivity contribution is 0.253. The highest BCUT2D eigenvalue weighted by Crippen LogP contribution is 2.17. The zero-order valence-corrected chi connectivity index (χ0v) is 7.77. The van der Waals surface area contributed by atoms with Gasteiger partial charge >= 0.3 is 0 Å². The summed E-state index contributed by atoms with van der Waals surface area (Å²) in [6.45, 7) is 2.20. The van der Waals surface area contributed by atoms with Crippen molar-refractivity contribution in [1.82, 2.24) is 0 Å². The van der Waals surface area contributed by atoms with Gasteiger partial charge in [0, 0.05) is 6.54 Å². The summed E-state index contributed by atoms with van der Waals surface area (Å²) in [4.78, 5) is 0. The molecule has 0 fully saturated rings. The number of nitrogens with two attached hydrogens (primary N) is 1. The highest BCUT2D eigenvalue weighted by Gasteiger charge is 2.05. The predicted octanol–water partition coefficient (Wildman–Crippen LogP) is 1.41. The third-order valence-electron chi connectivity index (χ3n) is 1.89. The second-order valence-electron chi connectivity index (χ2n) is 2.94. The van der Waals surface area contributed by atoms with Crippen molar-refractivity contribution >= 4 is 5.57 Å². The SMILES string of the molecule is CC(O)/C(=C\CN)c1ccccc1. The van der Waals surface area contributed by atoms with E-state index in [9.17, 15) is 5.11 Å². The highest BCUT2D eigenvalue weighted by molar-refractivity contribution is 5.68. The zero-order valence-electron chi connectivity index (χ0n) is 7.77. The number of aliphatic hydroxyl groups is 1. The third kappa shape index (κ3) is 2.68. The third-order valence-corrected chi connectivity index (χ3v) is 1.89. The fraction of sp³-hybridized carbons (Fsp3) is 0.273. The largest absolute Gasteiger partial charge is 0.389 e. The summed E-state index contributed by atoms with van der Waals surface area (Å²) in [7, 11) is 0. The molecule has 0 saturated carbocycles. The van der Waals surface area contributed by atoms with Gasteiger partial charge in [0.1, 0.15) is 0 Å². The van der Waals surface area contributed by atoms with Gasteiger partial charge in [0.25, 0.3) is 0 Å². The Morgan fingerprint density at radius 1 is 1.46 bits per heavy atom. The molecule has 13 heavy (non-hydrogen) atoms. The lowest BCUT2D eigenvalue weighted by Gasteiger charge is -2.10. The van der Waals surface area contributed by atoms with Crippen LogP contribution in [0.15, 0.2) is 36.4 Å². The topological polar surface area (TPSA) is 46.2 Å². The normalized spacial score (nSPS) is 14.2. The first-order chi connectivity index (χ1) is 6.25. The fourth-order valence-electron chi connectivity index (χ4n) is 1.29. The van der Waals surface area contributed by atoms with Crippen molar-refractivity contribution in [3.63, 3.8) is 0 Å². The maximum atomic E-state index is 9.47. The molecule has 0 bridgehead atoms. The van der Waals surface area contributed by atoms with E-state index in [0.29, 0.717) is 6.54 Å². The molecule has 0 aromatic heterocycles. The summed E-state index contributed by atoms with van der Waals surface area (Å²) in [6, 6.07) is 9.78. The fourth-order valence-corrected chi connectivity index (χ4v) is 1.29. The van der Waals surface area contributed by atoms with Crippen LogP contribution in [0.1, 0.15) is 12.5 Å². The molecular weight excluding hydrogens is 162 g/mol. The van der Waals surface area contributed by atoms with E-state index in [1.54, 1.807) is 6.92 Å². The van der Waals surface area contributed by atoms with Gasteiger partial charge in [-0.1, -0.05) is 36.4 Å². The average Bonchev–Trinajstić information content (AvgIpc) is 2.15. The predicted molar refractivity (Wildman–Crippen MR) is 55.2 cm³/mol. The minimum atomic E-state index is -0.467. The molecule has 3 N–H and O–H groups in total. The van der Waals surface area contributed by atoms with Crippen LogP contribution in [-0.4, -0.2) is 17.8 Å². The van der Waals surface area contributed by atoms with Crippen LogP contribution in [-0.2, 0) is 0 Å². The van der Waals surface area contributed by atoms with E-state index in [0.717, 1.165) is 11.1 Å². The summed E-state index contributed by atoms with van der Waals surface area (Å²) >= 11 is 0. The van der Waals surface area contributed by atoms with Crippen molar-refractivity contribution < 1.29 is 5.11 Å². The van der Waals surface area contributed by atoms with Gasteiger partial charge in [0.2, 0.25) is 0 Å². The van der Waals surface area contributed by atoms with Crippen LogP contribution in [0.25, 0.3) is 5.57 Å².